The fourth-order valence-corrected chi connectivity index (χ4v) is 3.02. The Morgan fingerprint density at radius 1 is 1.50 bits per heavy atom. The molecule has 0 radical (unpaired) electrons. The molecule has 1 atom stereocenters. The Labute approximate surface area is 113 Å². The van der Waals surface area contributed by atoms with Crippen LogP contribution < -0.4 is 5.32 Å². The summed E-state index contributed by atoms with van der Waals surface area (Å²) in [6, 6.07) is 2.62. The van der Waals surface area contributed by atoms with Gasteiger partial charge in [-0.05, 0) is 48.7 Å². The van der Waals surface area contributed by atoms with Gasteiger partial charge in [0.2, 0.25) is 0 Å². The van der Waals surface area contributed by atoms with Gasteiger partial charge in [0, 0.05) is 24.8 Å². The van der Waals surface area contributed by atoms with Gasteiger partial charge < -0.3 is 5.32 Å². The first kappa shape index (κ1) is 13.3. The zero-order chi connectivity index (χ0) is 13.0. The van der Waals surface area contributed by atoms with Crippen LogP contribution in [-0.2, 0) is 13.5 Å². The second-order valence-electron chi connectivity index (χ2n) is 4.62. The number of rotatable bonds is 6. The van der Waals surface area contributed by atoms with E-state index in [4.69, 9.17) is 0 Å². The maximum absolute atomic E-state index is 4.44. The standard InChI is InChI=1S/C14H21N3S/c1-4-15-14(6-5-12-7-8-18-10-12)13-9-17(3)16-11(13)2/h7-10,14-15H,4-6H2,1-3H3. The lowest BCUT2D eigenvalue weighted by molar-refractivity contribution is 0.513. The molecule has 0 aromatic carbocycles. The van der Waals surface area contributed by atoms with Crippen LogP contribution in [0.4, 0.5) is 0 Å². The number of hydrogen-bond donors (Lipinski definition) is 1. The van der Waals surface area contributed by atoms with Gasteiger partial charge >= 0.3 is 0 Å². The molecule has 2 aromatic heterocycles. The third-order valence-electron chi connectivity index (χ3n) is 3.18. The summed E-state index contributed by atoms with van der Waals surface area (Å²) in [6.07, 6.45) is 4.38. The Balaban J connectivity index is 2.05. The van der Waals surface area contributed by atoms with Gasteiger partial charge in [0.25, 0.3) is 0 Å². The molecule has 0 saturated carbocycles. The number of hydrogen-bond acceptors (Lipinski definition) is 3. The van der Waals surface area contributed by atoms with Gasteiger partial charge in [-0.25, -0.2) is 0 Å². The highest BCUT2D eigenvalue weighted by atomic mass is 32.1. The Morgan fingerprint density at radius 3 is 2.89 bits per heavy atom. The van der Waals surface area contributed by atoms with E-state index in [1.165, 1.54) is 11.1 Å². The van der Waals surface area contributed by atoms with E-state index in [2.05, 4.69) is 47.3 Å². The van der Waals surface area contributed by atoms with Gasteiger partial charge in [-0.3, -0.25) is 4.68 Å². The average Bonchev–Trinajstić information content (AvgIpc) is 2.94. The first-order valence-corrected chi connectivity index (χ1v) is 7.39. The van der Waals surface area contributed by atoms with E-state index in [1.54, 1.807) is 11.3 Å². The molecule has 2 rings (SSSR count). The number of nitrogens with one attached hydrogen (secondary N) is 1. The first-order valence-electron chi connectivity index (χ1n) is 6.45. The molecule has 0 saturated heterocycles. The van der Waals surface area contributed by atoms with Crippen LogP contribution in [0.15, 0.2) is 23.0 Å². The molecule has 98 valence electrons. The normalized spacial score (nSPS) is 12.8. The second-order valence-corrected chi connectivity index (χ2v) is 5.40. The van der Waals surface area contributed by atoms with Gasteiger partial charge in [0.1, 0.15) is 0 Å². The molecule has 0 spiro atoms. The van der Waals surface area contributed by atoms with Gasteiger partial charge in [-0.1, -0.05) is 6.92 Å². The van der Waals surface area contributed by atoms with Crippen LogP contribution in [0.2, 0.25) is 0 Å². The first-order chi connectivity index (χ1) is 8.70. The molecule has 18 heavy (non-hydrogen) atoms. The average molecular weight is 263 g/mol. The van der Waals surface area contributed by atoms with Crippen molar-refractivity contribution in [3.8, 4) is 0 Å². The third kappa shape index (κ3) is 3.21. The topological polar surface area (TPSA) is 29.9 Å². The van der Waals surface area contributed by atoms with E-state index in [9.17, 15) is 0 Å². The van der Waals surface area contributed by atoms with Crippen LogP contribution in [0, 0.1) is 6.92 Å². The Bertz CT molecular complexity index is 473. The van der Waals surface area contributed by atoms with E-state index in [0.29, 0.717) is 6.04 Å². The van der Waals surface area contributed by atoms with Gasteiger partial charge in [0.05, 0.1) is 5.69 Å². The van der Waals surface area contributed by atoms with Crippen LogP contribution >= 0.6 is 11.3 Å². The second kappa shape index (κ2) is 6.16. The summed E-state index contributed by atoms with van der Waals surface area (Å²) in [7, 11) is 1.98. The van der Waals surface area contributed by atoms with Crippen molar-refractivity contribution in [2.45, 2.75) is 32.7 Å². The van der Waals surface area contributed by atoms with Crippen molar-refractivity contribution in [1.82, 2.24) is 15.1 Å². The van der Waals surface area contributed by atoms with Crippen LogP contribution in [0.25, 0.3) is 0 Å². The van der Waals surface area contributed by atoms with Crippen molar-refractivity contribution in [3.05, 3.63) is 39.8 Å². The van der Waals surface area contributed by atoms with Crippen LogP contribution in [-0.4, -0.2) is 16.3 Å². The van der Waals surface area contributed by atoms with Crippen molar-refractivity contribution in [1.29, 1.82) is 0 Å². The third-order valence-corrected chi connectivity index (χ3v) is 3.91. The maximum atomic E-state index is 4.44. The number of aryl methyl sites for hydroxylation is 3. The van der Waals surface area contributed by atoms with E-state index < -0.39 is 0 Å². The summed E-state index contributed by atoms with van der Waals surface area (Å²) >= 11 is 1.77. The number of thiophene rings is 1. The molecule has 0 aliphatic carbocycles. The quantitative estimate of drug-likeness (QED) is 0.868. The van der Waals surface area contributed by atoms with Gasteiger partial charge in [-0.2, -0.15) is 16.4 Å². The summed E-state index contributed by atoms with van der Waals surface area (Å²) in [6.45, 7) is 5.23. The molecular weight excluding hydrogens is 242 g/mol. The van der Waals surface area contributed by atoms with Gasteiger partial charge in [0.15, 0.2) is 0 Å². The molecule has 0 amide bonds. The SMILES string of the molecule is CCNC(CCc1ccsc1)c1cn(C)nc1C. The monoisotopic (exact) mass is 263 g/mol. The highest BCUT2D eigenvalue weighted by molar-refractivity contribution is 7.07. The van der Waals surface area contributed by atoms with Crippen LogP contribution in [0.1, 0.15) is 36.2 Å². The minimum absolute atomic E-state index is 0.406. The van der Waals surface area contributed by atoms with Crippen LogP contribution in [0.3, 0.4) is 0 Å². The molecular formula is C14H21N3S. The summed E-state index contributed by atoms with van der Waals surface area (Å²) in [5.74, 6) is 0. The summed E-state index contributed by atoms with van der Waals surface area (Å²) in [4.78, 5) is 0. The molecule has 3 nitrogen and oxygen atoms in total. The Hall–Kier alpha value is -1.13. The molecule has 0 aliphatic rings. The van der Waals surface area contributed by atoms with Crippen molar-refractivity contribution in [2.75, 3.05) is 6.54 Å². The van der Waals surface area contributed by atoms with Crippen molar-refractivity contribution in [3.63, 3.8) is 0 Å². The lowest BCUT2D eigenvalue weighted by Crippen LogP contribution is -2.21. The van der Waals surface area contributed by atoms with E-state index >= 15 is 0 Å². The van der Waals surface area contributed by atoms with Crippen LogP contribution in [0.5, 0.6) is 0 Å². The molecule has 0 fully saturated rings. The van der Waals surface area contributed by atoms with Crippen molar-refractivity contribution in [2.24, 2.45) is 7.05 Å². The minimum atomic E-state index is 0.406. The molecule has 1 N–H and O–H groups in total. The molecule has 0 aliphatic heterocycles. The molecule has 2 heterocycles. The van der Waals surface area contributed by atoms with E-state index in [-0.39, 0.29) is 0 Å². The molecule has 2 aromatic rings. The zero-order valence-corrected chi connectivity index (χ0v) is 12.1. The predicted octanol–water partition coefficient (Wildman–Crippen LogP) is 3.07. The largest absolute Gasteiger partial charge is 0.310 e. The zero-order valence-electron chi connectivity index (χ0n) is 11.3. The van der Waals surface area contributed by atoms with Crippen molar-refractivity contribution < 1.29 is 0 Å². The fraction of sp³-hybridized carbons (Fsp3) is 0.500. The van der Waals surface area contributed by atoms with E-state index in [0.717, 1.165) is 25.1 Å². The molecule has 0 bridgehead atoms. The van der Waals surface area contributed by atoms with Gasteiger partial charge in [-0.15, -0.1) is 0 Å². The lowest BCUT2D eigenvalue weighted by Gasteiger charge is -2.17. The summed E-state index contributed by atoms with van der Waals surface area (Å²) < 4.78 is 1.90. The Kier molecular flexibility index (Phi) is 4.55. The minimum Gasteiger partial charge on any atom is -0.310 e. The smallest absolute Gasteiger partial charge is 0.0641 e. The van der Waals surface area contributed by atoms with E-state index in [1.807, 2.05) is 11.7 Å². The summed E-state index contributed by atoms with van der Waals surface area (Å²) in [5, 5.41) is 12.4. The molecule has 4 heteroatoms. The lowest BCUT2D eigenvalue weighted by atomic mass is 10.0. The number of aromatic nitrogens is 2. The number of nitrogens with zero attached hydrogens (tertiary/aromatic N) is 2. The van der Waals surface area contributed by atoms with Crippen molar-refractivity contribution >= 4 is 11.3 Å². The maximum Gasteiger partial charge on any atom is 0.0641 e. The Morgan fingerprint density at radius 2 is 2.33 bits per heavy atom. The molecule has 1 unspecified atom stereocenters. The highest BCUT2D eigenvalue weighted by Crippen LogP contribution is 2.22. The fourth-order valence-electron chi connectivity index (χ4n) is 2.32. The highest BCUT2D eigenvalue weighted by Gasteiger charge is 2.15. The predicted molar refractivity (Wildman–Crippen MR) is 77.0 cm³/mol. The summed E-state index contributed by atoms with van der Waals surface area (Å²) in [5.41, 5.74) is 3.90.